The van der Waals surface area contributed by atoms with Crippen molar-refractivity contribution in [2.24, 2.45) is 5.92 Å². The maximum atomic E-state index is 5.11. The summed E-state index contributed by atoms with van der Waals surface area (Å²) in [5.74, 6) is 0.639. The van der Waals surface area contributed by atoms with Crippen LogP contribution < -0.4 is 10.6 Å². The number of nitrogens with one attached hydrogen (secondary N) is 2. The van der Waals surface area contributed by atoms with Crippen molar-refractivity contribution >= 4 is 0 Å². The van der Waals surface area contributed by atoms with E-state index in [0.717, 1.165) is 19.7 Å². The first-order valence-corrected chi connectivity index (χ1v) is 6.32. The van der Waals surface area contributed by atoms with Crippen molar-refractivity contribution in [2.45, 2.75) is 52.6 Å². The third kappa shape index (κ3) is 10.4. The summed E-state index contributed by atoms with van der Waals surface area (Å²) in [4.78, 5) is 0. The van der Waals surface area contributed by atoms with E-state index in [1.165, 1.54) is 6.42 Å². The van der Waals surface area contributed by atoms with Gasteiger partial charge in [0, 0.05) is 31.8 Å². The lowest BCUT2D eigenvalue weighted by Gasteiger charge is -2.24. The van der Waals surface area contributed by atoms with Crippen molar-refractivity contribution in [3.8, 4) is 0 Å². The van der Waals surface area contributed by atoms with E-state index < -0.39 is 0 Å². The van der Waals surface area contributed by atoms with Crippen LogP contribution in [0, 0.1) is 5.92 Å². The van der Waals surface area contributed by atoms with E-state index in [2.05, 4.69) is 45.3 Å². The quantitative estimate of drug-likeness (QED) is 0.669. The molecular formula is C13H30N2O. The first-order valence-electron chi connectivity index (χ1n) is 6.32. The van der Waals surface area contributed by atoms with Gasteiger partial charge in [-0.1, -0.05) is 6.92 Å². The molecule has 0 aromatic rings. The van der Waals surface area contributed by atoms with Gasteiger partial charge < -0.3 is 15.4 Å². The number of ether oxygens (including phenoxy) is 1. The Morgan fingerprint density at radius 2 is 1.81 bits per heavy atom. The molecule has 0 saturated heterocycles. The summed E-state index contributed by atoms with van der Waals surface area (Å²) in [6.45, 7) is 14.0. The van der Waals surface area contributed by atoms with Crippen LogP contribution >= 0.6 is 0 Å². The number of hydrogen-bond donors (Lipinski definition) is 2. The van der Waals surface area contributed by atoms with Gasteiger partial charge in [0.2, 0.25) is 0 Å². The molecule has 0 spiro atoms. The smallest absolute Gasteiger partial charge is 0.0488 e. The zero-order chi connectivity index (χ0) is 12.6. The minimum Gasteiger partial charge on any atom is -0.384 e. The van der Waals surface area contributed by atoms with E-state index in [9.17, 15) is 0 Å². The maximum Gasteiger partial charge on any atom is 0.0488 e. The van der Waals surface area contributed by atoms with E-state index in [0.29, 0.717) is 12.0 Å². The summed E-state index contributed by atoms with van der Waals surface area (Å²) in [7, 11) is 1.76. The van der Waals surface area contributed by atoms with Crippen LogP contribution in [-0.4, -0.2) is 38.4 Å². The molecule has 16 heavy (non-hydrogen) atoms. The van der Waals surface area contributed by atoms with Gasteiger partial charge in [0.25, 0.3) is 0 Å². The largest absolute Gasteiger partial charge is 0.384 e. The molecule has 0 bridgehead atoms. The van der Waals surface area contributed by atoms with Crippen LogP contribution in [0.4, 0.5) is 0 Å². The van der Waals surface area contributed by atoms with Gasteiger partial charge in [0.05, 0.1) is 0 Å². The van der Waals surface area contributed by atoms with Gasteiger partial charge in [-0.05, 0) is 46.6 Å². The second-order valence-corrected chi connectivity index (χ2v) is 5.84. The highest BCUT2D eigenvalue weighted by atomic mass is 16.5. The fourth-order valence-electron chi connectivity index (χ4n) is 1.48. The molecule has 0 saturated carbocycles. The summed E-state index contributed by atoms with van der Waals surface area (Å²) in [6, 6.07) is 0.522. The predicted molar refractivity (Wildman–Crippen MR) is 70.9 cm³/mol. The molecule has 0 rings (SSSR count). The topological polar surface area (TPSA) is 33.3 Å². The molecule has 0 heterocycles. The summed E-state index contributed by atoms with van der Waals surface area (Å²) < 4.78 is 5.11. The Bertz CT molecular complexity index is 166. The van der Waals surface area contributed by atoms with Gasteiger partial charge >= 0.3 is 0 Å². The first-order chi connectivity index (χ1) is 7.35. The summed E-state index contributed by atoms with van der Waals surface area (Å²) in [5.41, 5.74) is 0.208. The molecule has 2 N–H and O–H groups in total. The molecule has 0 aromatic carbocycles. The number of hydrogen-bond acceptors (Lipinski definition) is 3. The number of methoxy groups -OCH3 is 1. The lowest BCUT2D eigenvalue weighted by molar-refractivity contribution is 0.155. The molecule has 2 unspecified atom stereocenters. The zero-order valence-electron chi connectivity index (χ0n) is 11.9. The first kappa shape index (κ1) is 15.9. The molecule has 0 aliphatic carbocycles. The summed E-state index contributed by atoms with van der Waals surface area (Å²) in [5, 5.41) is 7.02. The third-order valence-electron chi connectivity index (χ3n) is 2.52. The van der Waals surface area contributed by atoms with Crippen LogP contribution in [0.2, 0.25) is 0 Å². The van der Waals surface area contributed by atoms with E-state index in [1.54, 1.807) is 7.11 Å². The van der Waals surface area contributed by atoms with E-state index in [4.69, 9.17) is 4.74 Å². The van der Waals surface area contributed by atoms with Crippen molar-refractivity contribution in [3.05, 3.63) is 0 Å². The fourth-order valence-corrected chi connectivity index (χ4v) is 1.48. The van der Waals surface area contributed by atoms with Crippen molar-refractivity contribution in [2.75, 3.05) is 26.8 Å². The zero-order valence-corrected chi connectivity index (χ0v) is 11.9. The normalized spacial score (nSPS) is 16.1. The minimum absolute atomic E-state index is 0.208. The molecule has 3 nitrogen and oxygen atoms in total. The highest BCUT2D eigenvalue weighted by Crippen LogP contribution is 2.01. The second-order valence-electron chi connectivity index (χ2n) is 5.84. The monoisotopic (exact) mass is 230 g/mol. The maximum absolute atomic E-state index is 5.11. The van der Waals surface area contributed by atoms with Crippen molar-refractivity contribution < 1.29 is 4.74 Å². The molecule has 3 heteroatoms. The Kier molecular flexibility index (Phi) is 7.98. The van der Waals surface area contributed by atoms with Crippen molar-refractivity contribution in [3.63, 3.8) is 0 Å². The molecular weight excluding hydrogens is 200 g/mol. The van der Waals surface area contributed by atoms with Crippen LogP contribution in [0.5, 0.6) is 0 Å². The van der Waals surface area contributed by atoms with Crippen LogP contribution in [-0.2, 0) is 4.74 Å². The van der Waals surface area contributed by atoms with Gasteiger partial charge in [-0.3, -0.25) is 0 Å². The molecule has 2 atom stereocenters. The molecule has 0 aliphatic heterocycles. The Labute approximate surface area is 101 Å². The Morgan fingerprint density at radius 3 is 2.31 bits per heavy atom. The highest BCUT2D eigenvalue weighted by molar-refractivity contribution is 4.74. The van der Waals surface area contributed by atoms with E-state index in [-0.39, 0.29) is 5.54 Å². The summed E-state index contributed by atoms with van der Waals surface area (Å²) >= 11 is 0. The van der Waals surface area contributed by atoms with Gasteiger partial charge in [-0.25, -0.2) is 0 Å². The van der Waals surface area contributed by atoms with E-state index in [1.807, 2.05) is 0 Å². The molecule has 0 amide bonds. The Morgan fingerprint density at radius 1 is 1.19 bits per heavy atom. The molecule has 98 valence electrons. The second kappa shape index (κ2) is 8.04. The summed E-state index contributed by atoms with van der Waals surface area (Å²) in [6.07, 6.45) is 1.17. The predicted octanol–water partition coefficient (Wildman–Crippen LogP) is 2.03. The van der Waals surface area contributed by atoms with Crippen LogP contribution in [0.25, 0.3) is 0 Å². The molecule has 0 aromatic heterocycles. The van der Waals surface area contributed by atoms with Crippen LogP contribution in [0.1, 0.15) is 41.0 Å². The third-order valence-corrected chi connectivity index (χ3v) is 2.52. The number of rotatable bonds is 8. The van der Waals surface area contributed by atoms with Gasteiger partial charge in [0.1, 0.15) is 0 Å². The molecule has 0 aliphatic rings. The Hall–Kier alpha value is -0.120. The molecule has 0 fully saturated rings. The fraction of sp³-hybridized carbons (Fsp3) is 1.00. The highest BCUT2D eigenvalue weighted by Gasteiger charge is 2.10. The van der Waals surface area contributed by atoms with Gasteiger partial charge in [0.15, 0.2) is 0 Å². The van der Waals surface area contributed by atoms with Gasteiger partial charge in [-0.2, -0.15) is 0 Å². The lowest BCUT2D eigenvalue weighted by Crippen LogP contribution is -2.44. The van der Waals surface area contributed by atoms with Crippen molar-refractivity contribution in [1.82, 2.24) is 10.6 Å². The molecule has 0 radical (unpaired) electrons. The van der Waals surface area contributed by atoms with E-state index >= 15 is 0 Å². The average molecular weight is 230 g/mol. The lowest BCUT2D eigenvalue weighted by atomic mass is 10.1. The standard InChI is InChI=1S/C13H30N2O/c1-11(10-16-6)7-8-14-12(2)9-15-13(3,4)5/h11-12,14-15H,7-10H2,1-6H3. The van der Waals surface area contributed by atoms with Crippen LogP contribution in [0.15, 0.2) is 0 Å². The van der Waals surface area contributed by atoms with Gasteiger partial charge in [-0.15, -0.1) is 0 Å². The van der Waals surface area contributed by atoms with Crippen LogP contribution in [0.3, 0.4) is 0 Å². The SMILES string of the molecule is COCC(C)CCNC(C)CNC(C)(C)C. The van der Waals surface area contributed by atoms with Crippen molar-refractivity contribution in [1.29, 1.82) is 0 Å². The minimum atomic E-state index is 0.208. The Balaban J connectivity index is 3.47. The average Bonchev–Trinajstić information content (AvgIpc) is 2.14.